The monoisotopic (exact) mass is 494 g/mol. The van der Waals surface area contributed by atoms with Gasteiger partial charge in [-0.1, -0.05) is 60.7 Å². The van der Waals surface area contributed by atoms with E-state index in [1.807, 2.05) is 12.1 Å². The maximum Gasteiger partial charge on any atom is 0.178 e. The van der Waals surface area contributed by atoms with E-state index in [4.69, 9.17) is 0 Å². The molecule has 178 valence electrons. The molecule has 0 aromatic heterocycles. The Kier molecular flexibility index (Phi) is 5.38. The van der Waals surface area contributed by atoms with Crippen LogP contribution in [0.1, 0.15) is 12.8 Å². The van der Waals surface area contributed by atoms with E-state index < -0.39 is 19.7 Å². The van der Waals surface area contributed by atoms with Crippen molar-refractivity contribution in [1.82, 2.24) is 0 Å². The normalized spacial score (nSPS) is 35.2. The molecule has 4 nitrogen and oxygen atoms in total. The maximum atomic E-state index is 12.9. The first kappa shape index (κ1) is 22.3. The number of sulfone groups is 2. The summed E-state index contributed by atoms with van der Waals surface area (Å²) in [7, 11) is -6.57. The van der Waals surface area contributed by atoms with Crippen LogP contribution in [0.2, 0.25) is 0 Å². The standard InChI is InChI=1S/C28H30O4S2/c29-33(30,19-7-3-1-4-8-19)17-15-21-23-11-13-25-22(26-14-12-24(21)28(26)27(23)25)16-18-34(31,32)20-9-5-2-6-10-20/h1-14,21-28H,15-18H2/t21?,22?,23-,24-,25-,26+,27?,28?/m1/s1. The first-order valence-electron chi connectivity index (χ1n) is 12.3. The van der Waals surface area contributed by atoms with Gasteiger partial charge in [-0.25, -0.2) is 16.8 Å². The highest BCUT2D eigenvalue weighted by Gasteiger charge is 2.63. The third kappa shape index (κ3) is 3.53. The summed E-state index contributed by atoms with van der Waals surface area (Å²) < 4.78 is 51.6. The van der Waals surface area contributed by atoms with E-state index in [0.717, 1.165) is 0 Å². The fraction of sp³-hybridized carbons (Fsp3) is 0.429. The lowest BCUT2D eigenvalue weighted by Gasteiger charge is -2.25. The zero-order valence-electron chi connectivity index (χ0n) is 19.0. The molecule has 0 spiro atoms. The van der Waals surface area contributed by atoms with E-state index >= 15 is 0 Å². The summed E-state index contributed by atoms with van der Waals surface area (Å²) in [5.74, 6) is 3.77. The Morgan fingerprint density at radius 2 is 0.824 bits per heavy atom. The second kappa shape index (κ2) is 8.20. The molecule has 4 aliphatic rings. The third-order valence-corrected chi connectivity index (χ3v) is 12.5. The van der Waals surface area contributed by atoms with Crippen LogP contribution in [0.3, 0.4) is 0 Å². The lowest BCUT2D eigenvalue weighted by Crippen LogP contribution is -2.23. The Balaban J connectivity index is 1.16. The Morgan fingerprint density at radius 3 is 1.15 bits per heavy atom. The summed E-state index contributed by atoms with van der Waals surface area (Å²) in [5, 5.41) is 0. The fourth-order valence-electron chi connectivity index (χ4n) is 7.64. The van der Waals surface area contributed by atoms with E-state index in [2.05, 4.69) is 24.3 Å². The van der Waals surface area contributed by atoms with E-state index in [1.165, 1.54) is 0 Å². The third-order valence-electron chi connectivity index (χ3n) is 8.96. The van der Waals surface area contributed by atoms with Gasteiger partial charge in [-0.05, 0) is 84.5 Å². The van der Waals surface area contributed by atoms with Crippen molar-refractivity contribution in [2.24, 2.45) is 47.3 Å². The number of benzene rings is 2. The number of hydrogen-bond donors (Lipinski definition) is 0. The lowest BCUT2D eigenvalue weighted by molar-refractivity contribution is 0.284. The summed E-state index contributed by atoms with van der Waals surface area (Å²) in [5.41, 5.74) is 0. The number of hydrogen-bond acceptors (Lipinski definition) is 4. The highest BCUT2D eigenvalue weighted by molar-refractivity contribution is 7.91. The predicted molar refractivity (Wildman–Crippen MR) is 132 cm³/mol. The van der Waals surface area contributed by atoms with Crippen molar-refractivity contribution >= 4 is 19.7 Å². The summed E-state index contributed by atoms with van der Waals surface area (Å²) in [6.07, 6.45) is 10.7. The van der Waals surface area contributed by atoms with Crippen molar-refractivity contribution in [1.29, 1.82) is 0 Å². The van der Waals surface area contributed by atoms with Crippen LogP contribution in [0.5, 0.6) is 0 Å². The lowest BCUT2D eigenvalue weighted by atomic mass is 9.81. The first-order chi connectivity index (χ1) is 16.4. The summed E-state index contributed by atoms with van der Waals surface area (Å²) in [6.45, 7) is 0. The van der Waals surface area contributed by atoms with Gasteiger partial charge in [-0.3, -0.25) is 0 Å². The molecule has 0 heterocycles. The zero-order valence-corrected chi connectivity index (χ0v) is 20.6. The van der Waals surface area contributed by atoms with Gasteiger partial charge in [0.2, 0.25) is 0 Å². The Hall–Kier alpha value is -2.18. The molecular formula is C28H30O4S2. The Labute approximate surface area is 202 Å². The van der Waals surface area contributed by atoms with Crippen molar-refractivity contribution in [3.8, 4) is 0 Å². The predicted octanol–water partition coefficient (Wildman–Crippen LogP) is 4.81. The fourth-order valence-corrected chi connectivity index (χ4v) is 10.4. The molecule has 6 heteroatoms. The van der Waals surface area contributed by atoms with Gasteiger partial charge < -0.3 is 0 Å². The maximum absolute atomic E-state index is 12.9. The van der Waals surface area contributed by atoms with Gasteiger partial charge in [0.15, 0.2) is 19.7 Å². The van der Waals surface area contributed by atoms with Crippen LogP contribution in [0.4, 0.5) is 0 Å². The van der Waals surface area contributed by atoms with Crippen LogP contribution in [0.25, 0.3) is 0 Å². The smallest absolute Gasteiger partial charge is 0.178 e. The van der Waals surface area contributed by atoms with E-state index in [9.17, 15) is 16.8 Å². The average molecular weight is 495 g/mol. The quantitative estimate of drug-likeness (QED) is 0.494. The van der Waals surface area contributed by atoms with Crippen molar-refractivity contribution in [2.45, 2.75) is 22.6 Å². The molecule has 2 aromatic rings. The molecule has 0 radical (unpaired) electrons. The molecular weight excluding hydrogens is 464 g/mol. The summed E-state index contributed by atoms with van der Waals surface area (Å²) in [6, 6.07) is 17.5. The molecule has 4 unspecified atom stereocenters. The molecule has 2 fully saturated rings. The van der Waals surface area contributed by atoms with E-state index in [-0.39, 0.29) is 11.5 Å². The Morgan fingerprint density at radius 1 is 0.500 bits per heavy atom. The van der Waals surface area contributed by atoms with Crippen molar-refractivity contribution in [3.63, 3.8) is 0 Å². The molecule has 0 saturated heterocycles. The second-order valence-electron chi connectivity index (χ2n) is 10.4. The van der Waals surface area contributed by atoms with Crippen molar-refractivity contribution < 1.29 is 16.8 Å². The number of allylic oxidation sites excluding steroid dienone is 4. The van der Waals surface area contributed by atoms with Gasteiger partial charge >= 0.3 is 0 Å². The minimum absolute atomic E-state index is 0.184. The molecule has 34 heavy (non-hydrogen) atoms. The van der Waals surface area contributed by atoms with Gasteiger partial charge in [-0.2, -0.15) is 0 Å². The van der Waals surface area contributed by atoms with E-state index in [0.29, 0.717) is 70.0 Å². The number of rotatable bonds is 8. The highest BCUT2D eigenvalue weighted by Crippen LogP contribution is 2.68. The largest absolute Gasteiger partial charge is 0.224 e. The molecule has 8 atom stereocenters. The van der Waals surface area contributed by atoms with Crippen LogP contribution >= 0.6 is 0 Å². The minimum Gasteiger partial charge on any atom is -0.224 e. The molecule has 4 aliphatic carbocycles. The molecule has 0 amide bonds. The molecule has 2 saturated carbocycles. The molecule has 0 aliphatic heterocycles. The van der Waals surface area contributed by atoms with Crippen LogP contribution in [-0.4, -0.2) is 28.3 Å². The molecule has 0 bridgehead atoms. The molecule has 2 aromatic carbocycles. The van der Waals surface area contributed by atoms with Crippen LogP contribution in [0.15, 0.2) is 94.8 Å². The van der Waals surface area contributed by atoms with Gasteiger partial charge in [-0.15, -0.1) is 0 Å². The van der Waals surface area contributed by atoms with Crippen LogP contribution in [-0.2, 0) is 19.7 Å². The van der Waals surface area contributed by atoms with Gasteiger partial charge in [0.25, 0.3) is 0 Å². The van der Waals surface area contributed by atoms with Crippen molar-refractivity contribution in [3.05, 3.63) is 85.0 Å². The SMILES string of the molecule is O=S(=O)(CCC1[C@H]2C=C[C@@H]3C(CCS(=O)(=O)c4ccccc4)[C@@H]4C=C[C@H]1C4C23)c1ccccc1. The van der Waals surface area contributed by atoms with Gasteiger partial charge in [0, 0.05) is 0 Å². The topological polar surface area (TPSA) is 68.3 Å². The molecule has 0 N–H and O–H groups in total. The van der Waals surface area contributed by atoms with Gasteiger partial charge in [0.1, 0.15) is 0 Å². The summed E-state index contributed by atoms with van der Waals surface area (Å²) >= 11 is 0. The van der Waals surface area contributed by atoms with Crippen LogP contribution in [0, 0.1) is 47.3 Å². The van der Waals surface area contributed by atoms with Gasteiger partial charge in [0.05, 0.1) is 21.3 Å². The minimum atomic E-state index is -3.28. The molecule has 6 rings (SSSR count). The van der Waals surface area contributed by atoms with E-state index in [1.54, 1.807) is 48.5 Å². The first-order valence-corrected chi connectivity index (χ1v) is 15.6. The zero-order chi connectivity index (χ0) is 23.5. The van der Waals surface area contributed by atoms with Crippen LogP contribution < -0.4 is 0 Å². The Bertz CT molecular complexity index is 1200. The highest BCUT2D eigenvalue weighted by atomic mass is 32.2. The average Bonchev–Trinajstić information content (AvgIpc) is 3.58. The second-order valence-corrected chi connectivity index (χ2v) is 14.6. The summed E-state index contributed by atoms with van der Waals surface area (Å²) in [4.78, 5) is 0.820. The van der Waals surface area contributed by atoms with Crippen molar-refractivity contribution in [2.75, 3.05) is 11.5 Å².